The molecule has 4 nitrogen and oxygen atoms in total. The number of nitrogens with one attached hydrogen (secondary N) is 2. The molecule has 1 saturated carbocycles. The zero-order valence-electron chi connectivity index (χ0n) is 10.5. The number of aryl methyl sites for hydroxylation is 1. The molecule has 1 amide bonds. The lowest BCUT2D eigenvalue weighted by atomic mass is 10.1. The Labute approximate surface area is 110 Å². The molecule has 5 heteroatoms. The summed E-state index contributed by atoms with van der Waals surface area (Å²) in [6.45, 7) is 1.88. The van der Waals surface area contributed by atoms with E-state index in [-0.39, 0.29) is 23.6 Å². The zero-order chi connectivity index (χ0) is 13.4. The number of nitrogens with zero attached hydrogens (tertiary/aromatic N) is 1. The Kier molecular flexibility index (Phi) is 2.81. The summed E-state index contributed by atoms with van der Waals surface area (Å²) in [5.74, 6) is 0.425. The minimum Gasteiger partial charge on any atom is -0.309 e. The molecule has 0 spiro atoms. The summed E-state index contributed by atoms with van der Waals surface area (Å²) >= 11 is 0. The molecule has 2 atom stereocenters. The Hall–Kier alpha value is -2.17. The lowest BCUT2D eigenvalue weighted by Gasteiger charge is -2.01. The fourth-order valence-electron chi connectivity index (χ4n) is 2.26. The maximum Gasteiger partial charge on any atom is 0.229 e. The summed E-state index contributed by atoms with van der Waals surface area (Å²) in [5, 5.41) is 9.53. The SMILES string of the molecule is Cc1cc(NC(=O)C2CC2c2ccc(F)cc2)n[nH]1. The summed E-state index contributed by atoms with van der Waals surface area (Å²) in [5.41, 5.74) is 1.92. The Bertz CT molecular complexity index is 605. The van der Waals surface area contributed by atoms with Crippen LogP contribution < -0.4 is 5.32 Å². The van der Waals surface area contributed by atoms with E-state index in [4.69, 9.17) is 0 Å². The highest BCUT2D eigenvalue weighted by Gasteiger charge is 2.44. The highest BCUT2D eigenvalue weighted by Crippen LogP contribution is 2.47. The quantitative estimate of drug-likeness (QED) is 0.890. The standard InChI is InChI=1S/C14H14FN3O/c1-8-6-13(18-17-8)16-14(19)12-7-11(12)9-2-4-10(15)5-3-9/h2-6,11-12H,7H2,1H3,(H2,16,17,18,19). The monoisotopic (exact) mass is 259 g/mol. The topological polar surface area (TPSA) is 57.8 Å². The lowest BCUT2D eigenvalue weighted by Crippen LogP contribution is -2.14. The zero-order valence-corrected chi connectivity index (χ0v) is 10.5. The number of halogens is 1. The fraction of sp³-hybridized carbons (Fsp3) is 0.286. The van der Waals surface area contributed by atoms with E-state index < -0.39 is 0 Å². The van der Waals surface area contributed by atoms with E-state index >= 15 is 0 Å². The second-order valence-corrected chi connectivity index (χ2v) is 4.93. The van der Waals surface area contributed by atoms with Crippen molar-refractivity contribution in [3.8, 4) is 0 Å². The van der Waals surface area contributed by atoms with E-state index in [0.717, 1.165) is 17.7 Å². The molecule has 98 valence electrons. The number of benzene rings is 1. The number of carbonyl (C=O) groups excluding carboxylic acids is 1. The third kappa shape index (κ3) is 2.50. The smallest absolute Gasteiger partial charge is 0.229 e. The highest BCUT2D eigenvalue weighted by molar-refractivity contribution is 5.94. The molecule has 0 aliphatic heterocycles. The van der Waals surface area contributed by atoms with Crippen LogP contribution in [-0.4, -0.2) is 16.1 Å². The molecule has 1 aromatic heterocycles. The number of aromatic nitrogens is 2. The third-order valence-corrected chi connectivity index (χ3v) is 3.38. The largest absolute Gasteiger partial charge is 0.309 e. The molecule has 1 fully saturated rings. The fourth-order valence-corrected chi connectivity index (χ4v) is 2.26. The van der Waals surface area contributed by atoms with Crippen molar-refractivity contribution < 1.29 is 9.18 Å². The van der Waals surface area contributed by atoms with Crippen LogP contribution in [0.2, 0.25) is 0 Å². The van der Waals surface area contributed by atoms with Crippen molar-refractivity contribution in [2.24, 2.45) is 5.92 Å². The van der Waals surface area contributed by atoms with E-state index in [1.807, 2.05) is 6.92 Å². The van der Waals surface area contributed by atoms with E-state index in [1.165, 1.54) is 12.1 Å². The first-order chi connectivity index (χ1) is 9.13. The summed E-state index contributed by atoms with van der Waals surface area (Å²) in [6, 6.07) is 8.13. The van der Waals surface area contributed by atoms with Gasteiger partial charge in [0.05, 0.1) is 0 Å². The minimum atomic E-state index is -0.252. The Morgan fingerprint density at radius 2 is 2.16 bits per heavy atom. The number of rotatable bonds is 3. The third-order valence-electron chi connectivity index (χ3n) is 3.38. The average Bonchev–Trinajstić information content (AvgIpc) is 3.08. The Balaban J connectivity index is 1.63. The van der Waals surface area contributed by atoms with Crippen molar-refractivity contribution in [3.05, 3.63) is 47.4 Å². The molecule has 2 N–H and O–H groups in total. The van der Waals surface area contributed by atoms with E-state index in [0.29, 0.717) is 5.82 Å². The first-order valence-electron chi connectivity index (χ1n) is 6.22. The highest BCUT2D eigenvalue weighted by atomic mass is 19.1. The van der Waals surface area contributed by atoms with Crippen molar-refractivity contribution in [2.45, 2.75) is 19.3 Å². The van der Waals surface area contributed by atoms with Gasteiger partial charge in [-0.15, -0.1) is 0 Å². The summed E-state index contributed by atoms with van der Waals surface area (Å²) in [4.78, 5) is 12.0. The summed E-state index contributed by atoms with van der Waals surface area (Å²) in [7, 11) is 0. The van der Waals surface area contributed by atoms with Gasteiger partial charge in [0.2, 0.25) is 5.91 Å². The summed E-state index contributed by atoms with van der Waals surface area (Å²) < 4.78 is 12.8. The number of H-pyrrole nitrogens is 1. The van der Waals surface area contributed by atoms with Crippen LogP contribution in [0.15, 0.2) is 30.3 Å². The minimum absolute atomic E-state index is 0.0270. The van der Waals surface area contributed by atoms with E-state index in [1.54, 1.807) is 18.2 Å². The number of amides is 1. The van der Waals surface area contributed by atoms with Crippen LogP contribution in [0.1, 0.15) is 23.6 Å². The molecule has 19 heavy (non-hydrogen) atoms. The van der Waals surface area contributed by atoms with Crippen LogP contribution in [0.25, 0.3) is 0 Å². The molecule has 2 aromatic rings. The van der Waals surface area contributed by atoms with Crippen molar-refractivity contribution in [2.75, 3.05) is 5.32 Å². The molecule has 1 heterocycles. The van der Waals surface area contributed by atoms with Crippen LogP contribution in [-0.2, 0) is 4.79 Å². The van der Waals surface area contributed by atoms with Gasteiger partial charge in [0.15, 0.2) is 5.82 Å². The molecule has 0 saturated heterocycles. The van der Waals surface area contributed by atoms with Crippen molar-refractivity contribution in [1.29, 1.82) is 0 Å². The predicted octanol–water partition coefficient (Wildman–Crippen LogP) is 2.60. The van der Waals surface area contributed by atoms with Gasteiger partial charge in [0.25, 0.3) is 0 Å². The maximum absolute atomic E-state index is 12.8. The number of carbonyl (C=O) groups is 1. The molecule has 1 aromatic carbocycles. The second kappa shape index (κ2) is 4.50. The Morgan fingerprint density at radius 3 is 2.79 bits per heavy atom. The van der Waals surface area contributed by atoms with Gasteiger partial charge in [-0.1, -0.05) is 12.1 Å². The normalized spacial score (nSPS) is 21.2. The molecule has 0 bridgehead atoms. The van der Waals surface area contributed by atoms with Crippen LogP contribution in [0.3, 0.4) is 0 Å². The number of anilines is 1. The van der Waals surface area contributed by atoms with Crippen LogP contribution in [0.4, 0.5) is 10.2 Å². The number of aromatic amines is 1. The van der Waals surface area contributed by atoms with Gasteiger partial charge in [-0.3, -0.25) is 9.89 Å². The number of hydrogen-bond donors (Lipinski definition) is 2. The van der Waals surface area contributed by atoms with Crippen LogP contribution in [0.5, 0.6) is 0 Å². The van der Waals surface area contributed by atoms with Gasteiger partial charge in [-0.2, -0.15) is 5.10 Å². The first-order valence-corrected chi connectivity index (χ1v) is 6.22. The Morgan fingerprint density at radius 1 is 1.42 bits per heavy atom. The second-order valence-electron chi connectivity index (χ2n) is 4.93. The molecule has 0 radical (unpaired) electrons. The van der Waals surface area contributed by atoms with Gasteiger partial charge in [-0.25, -0.2) is 4.39 Å². The molecular formula is C14H14FN3O. The first kappa shape index (κ1) is 11.9. The molecular weight excluding hydrogens is 245 g/mol. The maximum atomic E-state index is 12.8. The van der Waals surface area contributed by atoms with E-state index in [9.17, 15) is 9.18 Å². The van der Waals surface area contributed by atoms with Gasteiger partial charge in [0, 0.05) is 17.7 Å². The van der Waals surface area contributed by atoms with Gasteiger partial charge < -0.3 is 5.32 Å². The molecule has 1 aliphatic carbocycles. The van der Waals surface area contributed by atoms with Gasteiger partial charge in [-0.05, 0) is 37.0 Å². The van der Waals surface area contributed by atoms with Crippen LogP contribution >= 0.6 is 0 Å². The lowest BCUT2D eigenvalue weighted by molar-refractivity contribution is -0.117. The van der Waals surface area contributed by atoms with Crippen LogP contribution in [0, 0.1) is 18.7 Å². The van der Waals surface area contributed by atoms with Crippen molar-refractivity contribution in [3.63, 3.8) is 0 Å². The molecule has 3 rings (SSSR count). The molecule has 2 unspecified atom stereocenters. The van der Waals surface area contributed by atoms with E-state index in [2.05, 4.69) is 15.5 Å². The average molecular weight is 259 g/mol. The predicted molar refractivity (Wildman–Crippen MR) is 69.2 cm³/mol. The van der Waals surface area contributed by atoms with Gasteiger partial charge in [0.1, 0.15) is 5.82 Å². The van der Waals surface area contributed by atoms with Gasteiger partial charge >= 0.3 is 0 Å². The summed E-state index contributed by atoms with van der Waals surface area (Å²) in [6.07, 6.45) is 0.806. The van der Waals surface area contributed by atoms with Crippen molar-refractivity contribution in [1.82, 2.24) is 10.2 Å². The molecule has 1 aliphatic rings. The number of hydrogen-bond acceptors (Lipinski definition) is 2. The van der Waals surface area contributed by atoms with Crippen molar-refractivity contribution >= 4 is 11.7 Å².